The van der Waals surface area contributed by atoms with Crippen LogP contribution in [0.3, 0.4) is 0 Å². The monoisotopic (exact) mass is 525 g/mol. The van der Waals surface area contributed by atoms with Crippen molar-refractivity contribution in [3.05, 3.63) is 53.5 Å². The molecule has 5 rings (SSSR count). The molecule has 12 nitrogen and oxygen atoms in total. The number of halogens is 1. The summed E-state index contributed by atoms with van der Waals surface area (Å²) in [6, 6.07) is 5.05. The van der Waals surface area contributed by atoms with E-state index in [0.29, 0.717) is 41.2 Å². The van der Waals surface area contributed by atoms with E-state index in [4.69, 9.17) is 0 Å². The van der Waals surface area contributed by atoms with Crippen LogP contribution in [0.4, 0.5) is 20.6 Å². The zero-order chi connectivity index (χ0) is 27.2. The van der Waals surface area contributed by atoms with Crippen molar-refractivity contribution in [1.82, 2.24) is 24.4 Å². The van der Waals surface area contributed by atoms with Crippen LogP contribution in [0.2, 0.25) is 0 Å². The lowest BCUT2D eigenvalue weighted by Crippen LogP contribution is -2.48. The van der Waals surface area contributed by atoms with Gasteiger partial charge in [0.1, 0.15) is 11.7 Å². The third-order valence-electron chi connectivity index (χ3n) is 6.91. The summed E-state index contributed by atoms with van der Waals surface area (Å²) < 4.78 is 16.1. The van der Waals surface area contributed by atoms with Crippen molar-refractivity contribution < 1.29 is 29.0 Å². The Morgan fingerprint density at radius 1 is 1.21 bits per heavy atom. The Bertz CT molecular complexity index is 1410. The Kier molecular flexibility index (Phi) is 6.39. The van der Waals surface area contributed by atoms with Gasteiger partial charge < -0.3 is 30.2 Å². The Labute approximate surface area is 217 Å². The molecule has 0 saturated carbocycles. The second-order valence-corrected chi connectivity index (χ2v) is 9.99. The van der Waals surface area contributed by atoms with E-state index in [0.717, 1.165) is 0 Å². The van der Waals surface area contributed by atoms with Crippen molar-refractivity contribution in [2.24, 2.45) is 0 Å². The average Bonchev–Trinajstić information content (AvgIpc) is 3.44. The number of carbonyl (C=O) groups is 3. The number of benzene rings is 1. The third-order valence-corrected chi connectivity index (χ3v) is 6.91. The van der Waals surface area contributed by atoms with E-state index >= 15 is 0 Å². The summed E-state index contributed by atoms with van der Waals surface area (Å²) in [4.78, 5) is 46.6. The summed E-state index contributed by atoms with van der Waals surface area (Å²) in [5.41, 5.74) is 1.01. The van der Waals surface area contributed by atoms with Crippen LogP contribution in [-0.2, 0) is 6.54 Å². The van der Waals surface area contributed by atoms with Crippen LogP contribution < -0.4 is 10.2 Å². The van der Waals surface area contributed by atoms with E-state index in [1.165, 1.54) is 34.4 Å². The predicted octanol–water partition coefficient (Wildman–Crippen LogP) is 1.85. The van der Waals surface area contributed by atoms with Gasteiger partial charge in [0.25, 0.3) is 11.8 Å². The molecule has 4 heterocycles. The molecule has 1 saturated heterocycles. The highest BCUT2D eigenvalue weighted by atomic mass is 19.1. The van der Waals surface area contributed by atoms with Crippen LogP contribution in [0.1, 0.15) is 40.1 Å². The van der Waals surface area contributed by atoms with Crippen molar-refractivity contribution in [3.8, 4) is 0 Å². The quantitative estimate of drug-likeness (QED) is 0.442. The van der Waals surface area contributed by atoms with Crippen LogP contribution in [0, 0.1) is 0 Å². The Hall–Kier alpha value is -4.26. The largest absolute Gasteiger partial charge is 0.465 e. The molecule has 1 unspecified atom stereocenters. The summed E-state index contributed by atoms with van der Waals surface area (Å²) in [6.45, 7) is 3.77. The molecule has 0 radical (unpaired) electrons. The number of anilines is 2. The van der Waals surface area contributed by atoms with E-state index in [1.807, 2.05) is 4.90 Å². The SMILES string of the molecule is CC(C)(O)C(F)CN1Cc2cc(NC(=O)c3cnn4cccnc34)c(N3CCN(C(=O)O)CC3)cc2C1=O. The molecule has 3 aromatic rings. The number of carbonyl (C=O) groups excluding carboxylic acids is 2. The number of hydrogen-bond donors (Lipinski definition) is 3. The van der Waals surface area contributed by atoms with Gasteiger partial charge in [0.2, 0.25) is 0 Å². The Morgan fingerprint density at radius 2 is 1.95 bits per heavy atom. The highest BCUT2D eigenvalue weighted by Crippen LogP contribution is 2.36. The third kappa shape index (κ3) is 4.72. The number of aromatic nitrogens is 3. The molecular weight excluding hydrogens is 497 g/mol. The molecule has 1 atom stereocenters. The first-order valence-corrected chi connectivity index (χ1v) is 12.2. The number of alkyl halides is 1. The van der Waals surface area contributed by atoms with Gasteiger partial charge in [0.15, 0.2) is 5.65 Å². The van der Waals surface area contributed by atoms with Crippen LogP contribution in [-0.4, -0.2) is 97.0 Å². The van der Waals surface area contributed by atoms with Crippen molar-refractivity contribution in [2.75, 3.05) is 42.9 Å². The summed E-state index contributed by atoms with van der Waals surface area (Å²) >= 11 is 0. The van der Waals surface area contributed by atoms with Gasteiger partial charge in [-0.15, -0.1) is 0 Å². The van der Waals surface area contributed by atoms with Gasteiger partial charge in [-0.2, -0.15) is 5.10 Å². The van der Waals surface area contributed by atoms with E-state index < -0.39 is 23.8 Å². The lowest BCUT2D eigenvalue weighted by Gasteiger charge is -2.35. The molecule has 0 aliphatic carbocycles. The van der Waals surface area contributed by atoms with Crippen LogP contribution in [0.5, 0.6) is 0 Å². The Balaban J connectivity index is 1.47. The van der Waals surface area contributed by atoms with Crippen molar-refractivity contribution in [3.63, 3.8) is 0 Å². The van der Waals surface area contributed by atoms with Crippen molar-refractivity contribution in [2.45, 2.75) is 32.2 Å². The van der Waals surface area contributed by atoms with Crippen molar-refractivity contribution in [1.29, 1.82) is 0 Å². The number of carboxylic acid groups (broad SMARTS) is 1. The molecule has 2 aliphatic heterocycles. The number of nitrogens with zero attached hydrogens (tertiary/aromatic N) is 6. The first-order valence-electron chi connectivity index (χ1n) is 12.2. The number of amides is 3. The maximum absolute atomic E-state index is 14.6. The number of aliphatic hydroxyl groups is 1. The lowest BCUT2D eigenvalue weighted by atomic mass is 10.0. The minimum atomic E-state index is -1.65. The fourth-order valence-electron chi connectivity index (χ4n) is 4.65. The second kappa shape index (κ2) is 9.56. The smallest absolute Gasteiger partial charge is 0.407 e. The van der Waals surface area contributed by atoms with E-state index in [1.54, 1.807) is 30.6 Å². The molecule has 13 heteroatoms. The molecule has 1 aromatic carbocycles. The summed E-state index contributed by atoms with van der Waals surface area (Å²) in [6.07, 6.45) is 1.99. The van der Waals surface area contributed by atoms with E-state index in [2.05, 4.69) is 15.4 Å². The molecule has 2 aliphatic rings. The molecule has 0 spiro atoms. The summed E-state index contributed by atoms with van der Waals surface area (Å²) in [5.74, 6) is -0.821. The number of hydrogen-bond acceptors (Lipinski definition) is 7. The van der Waals surface area contributed by atoms with Gasteiger partial charge in [-0.3, -0.25) is 9.59 Å². The zero-order valence-corrected chi connectivity index (χ0v) is 21.0. The highest BCUT2D eigenvalue weighted by molar-refractivity contribution is 6.10. The fraction of sp³-hybridized carbons (Fsp3) is 0.400. The van der Waals surface area contributed by atoms with Crippen LogP contribution >= 0.6 is 0 Å². The minimum absolute atomic E-state index is 0.124. The first-order chi connectivity index (χ1) is 18.0. The number of rotatable bonds is 6. The molecule has 200 valence electrons. The molecule has 0 bridgehead atoms. The van der Waals surface area contributed by atoms with Gasteiger partial charge in [0.05, 0.1) is 29.7 Å². The number of piperazine rings is 1. The second-order valence-electron chi connectivity index (χ2n) is 9.99. The molecule has 1 fully saturated rings. The standard InChI is InChI=1S/C25H28FN7O5/c1-25(2,38)20(26)14-32-13-15-10-18(29-22(34)17-12-28-33-5-3-4-27-21(17)33)19(11-16(15)23(32)35)30-6-8-31(9-7-30)24(36)37/h3-5,10-12,20,38H,6-9,13-14H2,1-2H3,(H,29,34)(H,36,37). The van der Waals surface area contributed by atoms with Crippen molar-refractivity contribution >= 4 is 34.9 Å². The maximum atomic E-state index is 14.6. The average molecular weight is 526 g/mol. The molecule has 3 N–H and O–H groups in total. The predicted molar refractivity (Wildman–Crippen MR) is 135 cm³/mol. The van der Waals surface area contributed by atoms with Gasteiger partial charge in [-0.05, 0) is 37.6 Å². The maximum Gasteiger partial charge on any atom is 0.407 e. The van der Waals surface area contributed by atoms with Gasteiger partial charge in [0, 0.05) is 50.7 Å². The highest BCUT2D eigenvalue weighted by Gasteiger charge is 2.36. The molecule has 3 amide bonds. The lowest BCUT2D eigenvalue weighted by molar-refractivity contribution is -0.0159. The van der Waals surface area contributed by atoms with Crippen LogP contribution in [0.15, 0.2) is 36.8 Å². The summed E-state index contributed by atoms with van der Waals surface area (Å²) in [5, 5.41) is 26.4. The Morgan fingerprint density at radius 3 is 2.63 bits per heavy atom. The molecule has 2 aromatic heterocycles. The fourth-order valence-corrected chi connectivity index (χ4v) is 4.65. The number of nitrogens with one attached hydrogen (secondary N) is 1. The van der Waals surface area contributed by atoms with Gasteiger partial charge in [-0.25, -0.2) is 18.7 Å². The minimum Gasteiger partial charge on any atom is -0.465 e. The topological polar surface area (TPSA) is 144 Å². The summed E-state index contributed by atoms with van der Waals surface area (Å²) in [7, 11) is 0. The van der Waals surface area contributed by atoms with Gasteiger partial charge >= 0.3 is 6.09 Å². The van der Waals surface area contributed by atoms with Gasteiger partial charge in [-0.1, -0.05) is 0 Å². The van der Waals surface area contributed by atoms with Crippen LogP contribution in [0.25, 0.3) is 5.65 Å². The van der Waals surface area contributed by atoms with E-state index in [9.17, 15) is 29.0 Å². The normalized spacial score (nSPS) is 16.6. The van der Waals surface area contributed by atoms with E-state index in [-0.39, 0.29) is 37.6 Å². The zero-order valence-electron chi connectivity index (χ0n) is 21.0. The molecular formula is C25H28FN7O5. The molecule has 38 heavy (non-hydrogen) atoms. The number of fused-ring (bicyclic) bond motifs is 2. The first kappa shape index (κ1) is 25.4.